The SMILES string of the molecule is CNCCC=Cc1cnc(N)c(OC)n1. The van der Waals surface area contributed by atoms with Gasteiger partial charge in [0.15, 0.2) is 5.82 Å². The number of hydrogen-bond acceptors (Lipinski definition) is 5. The highest BCUT2D eigenvalue weighted by Gasteiger charge is 2.01. The molecule has 5 heteroatoms. The lowest BCUT2D eigenvalue weighted by Gasteiger charge is -2.02. The molecule has 0 fully saturated rings. The fourth-order valence-corrected chi connectivity index (χ4v) is 1.06. The van der Waals surface area contributed by atoms with Gasteiger partial charge in [-0.1, -0.05) is 6.08 Å². The molecule has 15 heavy (non-hydrogen) atoms. The lowest BCUT2D eigenvalue weighted by Crippen LogP contribution is -2.05. The smallest absolute Gasteiger partial charge is 0.257 e. The third-order valence-corrected chi connectivity index (χ3v) is 1.83. The lowest BCUT2D eigenvalue weighted by atomic mass is 10.3. The Morgan fingerprint density at radius 3 is 3.07 bits per heavy atom. The Morgan fingerprint density at radius 1 is 1.60 bits per heavy atom. The summed E-state index contributed by atoms with van der Waals surface area (Å²) >= 11 is 0. The van der Waals surface area contributed by atoms with Crippen LogP contribution in [-0.4, -0.2) is 30.7 Å². The summed E-state index contributed by atoms with van der Waals surface area (Å²) in [7, 11) is 3.44. The highest BCUT2D eigenvalue weighted by Crippen LogP contribution is 2.14. The summed E-state index contributed by atoms with van der Waals surface area (Å²) in [6.07, 6.45) is 6.49. The molecule has 0 saturated carbocycles. The van der Waals surface area contributed by atoms with E-state index in [1.807, 2.05) is 19.2 Å². The van der Waals surface area contributed by atoms with Crippen molar-refractivity contribution in [1.29, 1.82) is 0 Å². The number of aromatic nitrogens is 2. The molecule has 0 bridgehead atoms. The van der Waals surface area contributed by atoms with Gasteiger partial charge < -0.3 is 15.8 Å². The van der Waals surface area contributed by atoms with Crippen molar-refractivity contribution >= 4 is 11.9 Å². The average molecular weight is 208 g/mol. The van der Waals surface area contributed by atoms with Crippen LogP contribution in [0.15, 0.2) is 12.3 Å². The summed E-state index contributed by atoms with van der Waals surface area (Å²) in [5, 5.41) is 3.05. The maximum atomic E-state index is 5.54. The second kappa shape index (κ2) is 5.98. The van der Waals surface area contributed by atoms with Gasteiger partial charge in [-0.15, -0.1) is 0 Å². The molecule has 0 atom stereocenters. The Balaban J connectivity index is 2.65. The molecule has 0 saturated heterocycles. The zero-order valence-corrected chi connectivity index (χ0v) is 9.03. The molecule has 0 aliphatic heterocycles. The van der Waals surface area contributed by atoms with Crippen LogP contribution < -0.4 is 15.8 Å². The van der Waals surface area contributed by atoms with Crippen molar-refractivity contribution in [1.82, 2.24) is 15.3 Å². The van der Waals surface area contributed by atoms with E-state index in [4.69, 9.17) is 10.5 Å². The Labute approximate surface area is 89.4 Å². The molecule has 0 amide bonds. The van der Waals surface area contributed by atoms with Crippen LogP contribution in [0.2, 0.25) is 0 Å². The zero-order chi connectivity index (χ0) is 11.1. The number of ether oxygens (including phenoxy) is 1. The molecule has 3 N–H and O–H groups in total. The first-order chi connectivity index (χ1) is 7.27. The summed E-state index contributed by atoms with van der Waals surface area (Å²) < 4.78 is 4.97. The number of nitrogens with two attached hydrogens (primary N) is 1. The molecule has 0 radical (unpaired) electrons. The number of rotatable bonds is 5. The van der Waals surface area contributed by atoms with E-state index in [0.717, 1.165) is 18.7 Å². The number of anilines is 1. The second-order valence-electron chi connectivity index (χ2n) is 2.98. The summed E-state index contributed by atoms with van der Waals surface area (Å²) in [5.74, 6) is 0.677. The van der Waals surface area contributed by atoms with Crippen LogP contribution in [0.25, 0.3) is 6.08 Å². The molecule has 0 spiro atoms. The van der Waals surface area contributed by atoms with Gasteiger partial charge in [0.2, 0.25) is 0 Å². The summed E-state index contributed by atoms with van der Waals surface area (Å²) in [4.78, 5) is 8.14. The molecule has 0 aliphatic rings. The average Bonchev–Trinajstić information content (AvgIpc) is 2.26. The maximum Gasteiger partial charge on any atom is 0.257 e. The van der Waals surface area contributed by atoms with Crippen molar-refractivity contribution < 1.29 is 4.74 Å². The molecule has 1 rings (SSSR count). The fourth-order valence-electron chi connectivity index (χ4n) is 1.06. The molecular formula is C10H16N4O. The third-order valence-electron chi connectivity index (χ3n) is 1.83. The molecular weight excluding hydrogens is 192 g/mol. The molecule has 82 valence electrons. The summed E-state index contributed by atoms with van der Waals surface area (Å²) in [6.45, 7) is 0.941. The van der Waals surface area contributed by atoms with Crippen LogP contribution in [-0.2, 0) is 0 Å². The number of nitrogens with one attached hydrogen (secondary N) is 1. The van der Waals surface area contributed by atoms with Crippen LogP contribution in [0.1, 0.15) is 12.1 Å². The molecule has 5 nitrogen and oxygen atoms in total. The summed E-state index contributed by atoms with van der Waals surface area (Å²) in [6, 6.07) is 0. The predicted octanol–water partition coefficient (Wildman–Crippen LogP) is 0.690. The Hall–Kier alpha value is -1.62. The van der Waals surface area contributed by atoms with Crippen LogP contribution in [0, 0.1) is 0 Å². The van der Waals surface area contributed by atoms with Gasteiger partial charge >= 0.3 is 0 Å². The monoisotopic (exact) mass is 208 g/mol. The number of nitrogen functional groups attached to an aromatic ring is 1. The van der Waals surface area contributed by atoms with Crippen molar-refractivity contribution in [2.75, 3.05) is 26.4 Å². The Kier molecular flexibility index (Phi) is 4.56. The van der Waals surface area contributed by atoms with Crippen molar-refractivity contribution in [2.45, 2.75) is 6.42 Å². The molecule has 0 aliphatic carbocycles. The summed E-state index contributed by atoms with van der Waals surface area (Å²) in [5.41, 5.74) is 6.29. The standard InChI is InChI=1S/C10H16N4O/c1-12-6-4-3-5-8-7-13-9(11)10(14-8)15-2/h3,5,7,12H,4,6H2,1-2H3,(H2,11,13). The first-order valence-electron chi connectivity index (χ1n) is 4.75. The molecule has 0 aromatic carbocycles. The van der Waals surface area contributed by atoms with Gasteiger partial charge in [-0.05, 0) is 26.1 Å². The van der Waals surface area contributed by atoms with E-state index in [0.29, 0.717) is 11.7 Å². The van der Waals surface area contributed by atoms with Crippen molar-refractivity contribution in [3.05, 3.63) is 18.0 Å². The van der Waals surface area contributed by atoms with Gasteiger partial charge in [0.25, 0.3) is 5.88 Å². The third kappa shape index (κ3) is 3.55. The largest absolute Gasteiger partial charge is 0.478 e. The van der Waals surface area contributed by atoms with Gasteiger partial charge in [0.05, 0.1) is 19.0 Å². The van der Waals surface area contributed by atoms with E-state index in [9.17, 15) is 0 Å². The Morgan fingerprint density at radius 2 is 2.40 bits per heavy atom. The lowest BCUT2D eigenvalue weighted by molar-refractivity contribution is 0.398. The number of methoxy groups -OCH3 is 1. The van der Waals surface area contributed by atoms with Crippen molar-refractivity contribution in [3.63, 3.8) is 0 Å². The van der Waals surface area contributed by atoms with Gasteiger partial charge in [-0.3, -0.25) is 0 Å². The minimum absolute atomic E-state index is 0.310. The minimum atomic E-state index is 0.310. The van der Waals surface area contributed by atoms with Gasteiger partial charge in [-0.25, -0.2) is 9.97 Å². The first kappa shape index (κ1) is 11.5. The zero-order valence-electron chi connectivity index (χ0n) is 9.03. The normalized spacial score (nSPS) is 10.8. The van der Waals surface area contributed by atoms with Crippen LogP contribution in [0.4, 0.5) is 5.82 Å². The minimum Gasteiger partial charge on any atom is -0.478 e. The second-order valence-corrected chi connectivity index (χ2v) is 2.98. The van der Waals surface area contributed by atoms with Crippen molar-refractivity contribution in [2.24, 2.45) is 0 Å². The van der Waals surface area contributed by atoms with E-state index in [1.165, 1.54) is 7.11 Å². The molecule has 1 heterocycles. The predicted molar refractivity (Wildman–Crippen MR) is 60.6 cm³/mol. The topological polar surface area (TPSA) is 73.1 Å². The maximum absolute atomic E-state index is 5.54. The Bertz CT molecular complexity index is 338. The van der Waals surface area contributed by atoms with E-state index < -0.39 is 0 Å². The van der Waals surface area contributed by atoms with Crippen molar-refractivity contribution in [3.8, 4) is 5.88 Å². The molecule has 0 unspecified atom stereocenters. The molecule has 1 aromatic heterocycles. The van der Waals surface area contributed by atoms with Gasteiger partial charge in [-0.2, -0.15) is 0 Å². The van der Waals surface area contributed by atoms with E-state index in [1.54, 1.807) is 6.20 Å². The number of hydrogen-bond donors (Lipinski definition) is 2. The van der Waals surface area contributed by atoms with Crippen LogP contribution in [0.3, 0.4) is 0 Å². The van der Waals surface area contributed by atoms with E-state index in [2.05, 4.69) is 15.3 Å². The van der Waals surface area contributed by atoms with E-state index in [-0.39, 0.29) is 0 Å². The quantitative estimate of drug-likeness (QED) is 0.696. The fraction of sp³-hybridized carbons (Fsp3) is 0.400. The molecule has 1 aromatic rings. The highest BCUT2D eigenvalue weighted by atomic mass is 16.5. The van der Waals surface area contributed by atoms with Gasteiger partial charge in [0.1, 0.15) is 0 Å². The first-order valence-corrected chi connectivity index (χ1v) is 4.75. The van der Waals surface area contributed by atoms with Crippen LogP contribution in [0.5, 0.6) is 5.88 Å². The van der Waals surface area contributed by atoms with Gasteiger partial charge in [0, 0.05) is 0 Å². The van der Waals surface area contributed by atoms with E-state index >= 15 is 0 Å². The highest BCUT2D eigenvalue weighted by molar-refractivity contribution is 5.49. The van der Waals surface area contributed by atoms with Crippen LogP contribution >= 0.6 is 0 Å². The number of nitrogens with zero attached hydrogens (tertiary/aromatic N) is 2.